The molecule has 0 bridgehead atoms. The van der Waals surface area contributed by atoms with Gasteiger partial charge in [0, 0.05) is 18.6 Å². The second kappa shape index (κ2) is 8.63. The van der Waals surface area contributed by atoms with Crippen molar-refractivity contribution < 1.29 is 4.57 Å². The Bertz CT molecular complexity index is 269. The first-order valence-electron chi connectivity index (χ1n) is 6.39. The topological polar surface area (TPSA) is 3.88 Å². The van der Waals surface area contributed by atoms with E-state index in [9.17, 15) is 0 Å². The van der Waals surface area contributed by atoms with Gasteiger partial charge in [0.05, 0.1) is 0 Å². The maximum Gasteiger partial charge on any atom is 0.169 e. The van der Waals surface area contributed by atoms with Crippen molar-refractivity contribution in [2.24, 2.45) is 0 Å². The smallest absolute Gasteiger partial charge is 0.169 e. The second-order valence-electron chi connectivity index (χ2n) is 4.46. The summed E-state index contributed by atoms with van der Waals surface area (Å²) in [6.07, 6.45) is 12.4. The van der Waals surface area contributed by atoms with Crippen LogP contribution in [-0.2, 0) is 6.54 Å². The third-order valence-corrected chi connectivity index (χ3v) is 3.20. The van der Waals surface area contributed by atoms with E-state index in [-0.39, 0.29) is 0 Å². The first-order valence-corrected chi connectivity index (χ1v) is 7.03. The molecule has 0 saturated heterocycles. The Morgan fingerprint density at radius 3 is 2.12 bits per heavy atom. The first kappa shape index (κ1) is 13.6. The molecule has 0 aliphatic rings. The van der Waals surface area contributed by atoms with Crippen molar-refractivity contribution >= 4 is 12.6 Å². The molecule has 0 aliphatic carbocycles. The first-order chi connectivity index (χ1) is 7.83. The van der Waals surface area contributed by atoms with Crippen molar-refractivity contribution in [1.82, 2.24) is 0 Å². The van der Waals surface area contributed by atoms with Crippen molar-refractivity contribution in [3.8, 4) is 0 Å². The quantitative estimate of drug-likeness (QED) is 0.401. The largest absolute Gasteiger partial charge is 0.205 e. The van der Waals surface area contributed by atoms with Gasteiger partial charge in [-0.3, -0.25) is 0 Å². The summed E-state index contributed by atoms with van der Waals surface area (Å²) in [4.78, 5) is 0. The Balaban J connectivity index is 2.01. The highest BCUT2D eigenvalue weighted by molar-refractivity contribution is 7.80. The van der Waals surface area contributed by atoms with E-state index in [0.717, 1.165) is 12.3 Å². The van der Waals surface area contributed by atoms with Crippen LogP contribution in [0.15, 0.2) is 24.5 Å². The molecule has 0 aliphatic heterocycles. The zero-order chi connectivity index (χ0) is 11.6. The number of aromatic nitrogens is 1. The summed E-state index contributed by atoms with van der Waals surface area (Å²) in [7, 11) is 0. The van der Waals surface area contributed by atoms with Crippen LogP contribution in [0.1, 0.15) is 44.1 Å². The van der Waals surface area contributed by atoms with Gasteiger partial charge in [-0.2, -0.15) is 12.6 Å². The molecule has 0 atom stereocenters. The number of thiol groups is 1. The highest BCUT2D eigenvalue weighted by Crippen LogP contribution is 2.05. The van der Waals surface area contributed by atoms with E-state index < -0.39 is 0 Å². The zero-order valence-electron chi connectivity index (χ0n) is 10.4. The lowest BCUT2D eigenvalue weighted by atomic mass is 10.1. The van der Waals surface area contributed by atoms with Crippen molar-refractivity contribution in [3.05, 3.63) is 30.1 Å². The molecule has 2 heteroatoms. The summed E-state index contributed by atoms with van der Waals surface area (Å²) < 4.78 is 2.28. The Hall–Kier alpha value is -0.500. The molecule has 1 rings (SSSR count). The zero-order valence-corrected chi connectivity index (χ0v) is 11.3. The summed E-state index contributed by atoms with van der Waals surface area (Å²) in [5.74, 6) is 1.04. The summed E-state index contributed by atoms with van der Waals surface area (Å²) in [5.41, 5.74) is 1.34. The predicted octanol–water partition coefficient (Wildman–Crippen LogP) is 3.55. The summed E-state index contributed by atoms with van der Waals surface area (Å²) >= 11 is 4.22. The lowest BCUT2D eigenvalue weighted by molar-refractivity contribution is -0.697. The van der Waals surface area contributed by atoms with Gasteiger partial charge < -0.3 is 0 Å². The minimum atomic E-state index is 1.04. The standard InChI is InChI=1S/C14H23NS/c1-14-8-11-15(12-9-14)10-6-4-2-3-5-7-13-16/h8-9,11-12H,2-7,10,13H2,1H3/p+1. The molecule has 0 unspecified atom stereocenters. The normalized spacial score (nSPS) is 10.6. The summed E-state index contributed by atoms with van der Waals surface area (Å²) in [6, 6.07) is 4.35. The highest BCUT2D eigenvalue weighted by Gasteiger charge is 1.98. The molecule has 1 aromatic rings. The third-order valence-electron chi connectivity index (χ3n) is 2.88. The number of pyridine rings is 1. The van der Waals surface area contributed by atoms with Crippen LogP contribution in [0.2, 0.25) is 0 Å². The fourth-order valence-electron chi connectivity index (χ4n) is 1.79. The number of aryl methyl sites for hydroxylation is 2. The highest BCUT2D eigenvalue weighted by atomic mass is 32.1. The second-order valence-corrected chi connectivity index (χ2v) is 4.91. The van der Waals surface area contributed by atoms with E-state index >= 15 is 0 Å². The molecule has 1 nitrogen and oxygen atoms in total. The van der Waals surface area contributed by atoms with Crippen molar-refractivity contribution in [2.45, 2.75) is 52.0 Å². The van der Waals surface area contributed by atoms with Crippen LogP contribution in [0.4, 0.5) is 0 Å². The Morgan fingerprint density at radius 2 is 1.50 bits per heavy atom. The van der Waals surface area contributed by atoms with E-state index in [2.05, 4.69) is 48.6 Å². The van der Waals surface area contributed by atoms with Crippen LogP contribution < -0.4 is 4.57 Å². The molecule has 0 saturated carbocycles. The van der Waals surface area contributed by atoms with E-state index in [0.29, 0.717) is 0 Å². The Kier molecular flexibility index (Phi) is 7.32. The minimum absolute atomic E-state index is 1.04. The SMILES string of the molecule is Cc1cc[n+](CCCCCCCCS)cc1. The molecule has 16 heavy (non-hydrogen) atoms. The minimum Gasteiger partial charge on any atom is -0.205 e. The summed E-state index contributed by atoms with van der Waals surface area (Å²) in [6.45, 7) is 3.29. The number of rotatable bonds is 8. The molecule has 90 valence electrons. The van der Waals surface area contributed by atoms with Crippen LogP contribution in [0.5, 0.6) is 0 Å². The molecular weight excluding hydrogens is 214 g/mol. The van der Waals surface area contributed by atoms with Crippen LogP contribution in [0.3, 0.4) is 0 Å². The van der Waals surface area contributed by atoms with Gasteiger partial charge in [0.25, 0.3) is 0 Å². The van der Waals surface area contributed by atoms with E-state index in [4.69, 9.17) is 0 Å². The lowest BCUT2D eigenvalue weighted by Gasteiger charge is -1.99. The molecular formula is C14H24NS+. The molecule has 0 spiro atoms. The van der Waals surface area contributed by atoms with Gasteiger partial charge in [-0.25, -0.2) is 4.57 Å². The van der Waals surface area contributed by atoms with E-state index in [1.807, 2.05) is 0 Å². The molecule has 1 aromatic heterocycles. The number of nitrogens with zero attached hydrogens (tertiary/aromatic N) is 1. The molecule has 0 fully saturated rings. The van der Waals surface area contributed by atoms with Crippen LogP contribution >= 0.6 is 12.6 Å². The molecule has 0 aromatic carbocycles. The summed E-state index contributed by atoms with van der Waals surface area (Å²) in [5, 5.41) is 0. The number of hydrogen-bond donors (Lipinski definition) is 1. The Labute approximate surface area is 105 Å². The van der Waals surface area contributed by atoms with Gasteiger partial charge in [-0.15, -0.1) is 0 Å². The monoisotopic (exact) mass is 238 g/mol. The van der Waals surface area contributed by atoms with Gasteiger partial charge in [-0.1, -0.05) is 19.3 Å². The van der Waals surface area contributed by atoms with Crippen molar-refractivity contribution in [1.29, 1.82) is 0 Å². The third kappa shape index (κ3) is 6.16. The fourth-order valence-corrected chi connectivity index (χ4v) is 2.02. The number of unbranched alkanes of at least 4 members (excludes halogenated alkanes) is 5. The van der Waals surface area contributed by atoms with E-state index in [1.165, 1.54) is 44.1 Å². The molecule has 0 amide bonds. The molecule has 0 radical (unpaired) electrons. The maximum absolute atomic E-state index is 4.22. The lowest BCUT2D eigenvalue weighted by Crippen LogP contribution is -2.32. The van der Waals surface area contributed by atoms with Gasteiger partial charge in [0.15, 0.2) is 12.4 Å². The van der Waals surface area contributed by atoms with Crippen LogP contribution in [0, 0.1) is 6.92 Å². The average molecular weight is 238 g/mol. The Morgan fingerprint density at radius 1 is 0.938 bits per heavy atom. The van der Waals surface area contributed by atoms with Crippen molar-refractivity contribution in [3.63, 3.8) is 0 Å². The van der Waals surface area contributed by atoms with Crippen LogP contribution in [-0.4, -0.2) is 5.75 Å². The van der Waals surface area contributed by atoms with Crippen molar-refractivity contribution in [2.75, 3.05) is 5.75 Å². The van der Waals surface area contributed by atoms with E-state index in [1.54, 1.807) is 0 Å². The van der Waals surface area contributed by atoms with Gasteiger partial charge in [0.1, 0.15) is 6.54 Å². The predicted molar refractivity (Wildman–Crippen MR) is 72.9 cm³/mol. The van der Waals surface area contributed by atoms with Gasteiger partial charge in [-0.05, 0) is 31.1 Å². The fraction of sp³-hybridized carbons (Fsp3) is 0.643. The van der Waals surface area contributed by atoms with Gasteiger partial charge in [0.2, 0.25) is 0 Å². The number of hydrogen-bond acceptors (Lipinski definition) is 1. The average Bonchev–Trinajstić information content (AvgIpc) is 2.30. The molecule has 0 N–H and O–H groups in total. The van der Waals surface area contributed by atoms with Crippen LogP contribution in [0.25, 0.3) is 0 Å². The maximum atomic E-state index is 4.22. The molecule has 1 heterocycles. The van der Waals surface area contributed by atoms with Gasteiger partial charge >= 0.3 is 0 Å².